The maximum atomic E-state index is 7.58. The van der Waals surface area contributed by atoms with Gasteiger partial charge in [-0.15, -0.1) is 0 Å². The summed E-state index contributed by atoms with van der Waals surface area (Å²) in [4.78, 5) is 9.82. The number of hydrogen-bond donors (Lipinski definition) is 1. The van der Waals surface area contributed by atoms with Gasteiger partial charge >= 0.3 is 0 Å². The molecular weight excluding hydrogens is 152 g/mol. The van der Waals surface area contributed by atoms with Crippen LogP contribution in [-0.2, 0) is 0 Å². The Kier molecular flexibility index (Phi) is 2.38. The van der Waals surface area contributed by atoms with Crippen LogP contribution in [0.4, 0.5) is 0 Å². The summed E-state index contributed by atoms with van der Waals surface area (Å²) in [5.41, 5.74) is 1.47. The molecular formula is C8H12N4. The summed E-state index contributed by atoms with van der Waals surface area (Å²) < 4.78 is 0. The number of aryl methyl sites for hydroxylation is 1. The lowest BCUT2D eigenvalue weighted by molar-refractivity contribution is 0.616. The Morgan fingerprint density at radius 1 is 1.33 bits per heavy atom. The van der Waals surface area contributed by atoms with E-state index in [1.165, 1.54) is 0 Å². The first-order valence-electron chi connectivity index (χ1n) is 3.66. The topological polar surface area (TPSA) is 52.9 Å². The van der Waals surface area contributed by atoms with Crippen molar-refractivity contribution in [3.8, 4) is 0 Å². The van der Waals surface area contributed by atoms with Gasteiger partial charge in [0.2, 0.25) is 0 Å². The van der Waals surface area contributed by atoms with Crippen molar-refractivity contribution in [3.05, 3.63) is 23.8 Å². The van der Waals surface area contributed by atoms with Gasteiger partial charge < -0.3 is 4.90 Å². The third kappa shape index (κ3) is 1.78. The molecule has 0 spiro atoms. The molecule has 1 aromatic rings. The summed E-state index contributed by atoms with van der Waals surface area (Å²) in [5, 5.41) is 7.58. The summed E-state index contributed by atoms with van der Waals surface area (Å²) in [7, 11) is 3.62. The summed E-state index contributed by atoms with van der Waals surface area (Å²) >= 11 is 0. The number of aromatic nitrogens is 2. The molecule has 0 unspecified atom stereocenters. The van der Waals surface area contributed by atoms with E-state index >= 15 is 0 Å². The molecule has 0 saturated heterocycles. The molecule has 1 rings (SSSR count). The molecule has 0 aliphatic heterocycles. The Bertz CT molecular complexity index is 276. The van der Waals surface area contributed by atoms with E-state index in [1.54, 1.807) is 17.3 Å². The van der Waals surface area contributed by atoms with Gasteiger partial charge in [0.05, 0.1) is 11.9 Å². The molecule has 4 nitrogen and oxygen atoms in total. The van der Waals surface area contributed by atoms with Gasteiger partial charge in [-0.05, 0) is 6.92 Å². The Hall–Kier alpha value is -1.45. The van der Waals surface area contributed by atoms with Crippen LogP contribution in [0.25, 0.3) is 0 Å². The minimum atomic E-state index is 0.377. The highest BCUT2D eigenvalue weighted by atomic mass is 15.1. The molecule has 12 heavy (non-hydrogen) atoms. The van der Waals surface area contributed by atoms with Gasteiger partial charge in [0, 0.05) is 20.3 Å². The van der Waals surface area contributed by atoms with Crippen molar-refractivity contribution in [3.63, 3.8) is 0 Å². The van der Waals surface area contributed by atoms with Crippen LogP contribution in [0.15, 0.2) is 12.4 Å². The molecule has 0 radical (unpaired) electrons. The average Bonchev–Trinajstić information content (AvgIpc) is 2.04. The average molecular weight is 164 g/mol. The van der Waals surface area contributed by atoms with Gasteiger partial charge in [-0.3, -0.25) is 10.4 Å². The van der Waals surface area contributed by atoms with Crippen molar-refractivity contribution >= 4 is 5.84 Å². The van der Waals surface area contributed by atoms with Crippen molar-refractivity contribution in [1.82, 2.24) is 14.9 Å². The minimum absolute atomic E-state index is 0.377. The van der Waals surface area contributed by atoms with Crippen molar-refractivity contribution in [1.29, 1.82) is 5.41 Å². The summed E-state index contributed by atoms with van der Waals surface area (Å²) in [6.07, 6.45) is 3.27. The molecule has 1 aromatic heterocycles. The third-order valence-corrected chi connectivity index (χ3v) is 1.47. The molecule has 0 aromatic carbocycles. The van der Waals surface area contributed by atoms with Crippen LogP contribution in [0, 0.1) is 12.3 Å². The van der Waals surface area contributed by atoms with Gasteiger partial charge in [0.25, 0.3) is 0 Å². The molecule has 4 heteroatoms. The van der Waals surface area contributed by atoms with Crippen LogP contribution < -0.4 is 0 Å². The molecule has 0 amide bonds. The highest BCUT2D eigenvalue weighted by Gasteiger charge is 2.03. The second-order valence-electron chi connectivity index (χ2n) is 2.79. The van der Waals surface area contributed by atoms with Crippen LogP contribution in [0.3, 0.4) is 0 Å². The number of amidine groups is 1. The fraction of sp³-hybridized carbons (Fsp3) is 0.375. The highest BCUT2D eigenvalue weighted by Crippen LogP contribution is 1.96. The van der Waals surface area contributed by atoms with Gasteiger partial charge in [-0.1, -0.05) is 0 Å². The second-order valence-corrected chi connectivity index (χ2v) is 2.79. The normalized spacial score (nSPS) is 9.58. The summed E-state index contributed by atoms with van der Waals surface area (Å²) in [6.45, 7) is 1.87. The predicted molar refractivity (Wildman–Crippen MR) is 47.3 cm³/mol. The molecule has 1 heterocycles. The smallest absolute Gasteiger partial charge is 0.148 e. The van der Waals surface area contributed by atoms with E-state index in [9.17, 15) is 0 Å². The van der Waals surface area contributed by atoms with Gasteiger partial charge in [-0.2, -0.15) is 0 Å². The number of rotatable bonds is 1. The Morgan fingerprint density at radius 3 is 2.42 bits per heavy atom. The predicted octanol–water partition coefficient (Wildman–Crippen LogP) is 0.672. The van der Waals surface area contributed by atoms with Gasteiger partial charge in [0.1, 0.15) is 11.5 Å². The van der Waals surface area contributed by atoms with E-state index in [0.717, 1.165) is 5.69 Å². The molecule has 0 bridgehead atoms. The Labute approximate surface area is 71.8 Å². The Balaban J connectivity index is 2.90. The van der Waals surface area contributed by atoms with Crippen molar-refractivity contribution in [2.75, 3.05) is 14.1 Å². The summed E-state index contributed by atoms with van der Waals surface area (Å²) in [5.74, 6) is 0.377. The van der Waals surface area contributed by atoms with E-state index in [2.05, 4.69) is 9.97 Å². The van der Waals surface area contributed by atoms with Crippen LogP contribution in [-0.4, -0.2) is 34.8 Å². The van der Waals surface area contributed by atoms with Crippen molar-refractivity contribution < 1.29 is 0 Å². The SMILES string of the molecule is Cc1cnc(C(=N)N(C)C)cn1. The van der Waals surface area contributed by atoms with E-state index < -0.39 is 0 Å². The summed E-state index contributed by atoms with van der Waals surface area (Å²) in [6, 6.07) is 0. The number of nitrogens with zero attached hydrogens (tertiary/aromatic N) is 3. The van der Waals surface area contributed by atoms with E-state index in [-0.39, 0.29) is 0 Å². The zero-order chi connectivity index (χ0) is 9.14. The monoisotopic (exact) mass is 164 g/mol. The fourth-order valence-electron chi connectivity index (χ4n) is 0.744. The molecule has 0 aliphatic carbocycles. The van der Waals surface area contributed by atoms with Crippen molar-refractivity contribution in [2.45, 2.75) is 6.92 Å². The zero-order valence-corrected chi connectivity index (χ0v) is 7.50. The minimum Gasteiger partial charge on any atom is -0.361 e. The first kappa shape index (κ1) is 8.64. The first-order chi connectivity index (χ1) is 5.61. The Morgan fingerprint density at radius 2 is 2.00 bits per heavy atom. The first-order valence-corrected chi connectivity index (χ1v) is 3.66. The zero-order valence-electron chi connectivity index (χ0n) is 7.50. The fourth-order valence-corrected chi connectivity index (χ4v) is 0.744. The lowest BCUT2D eigenvalue weighted by Gasteiger charge is -2.11. The lowest BCUT2D eigenvalue weighted by atomic mass is 10.4. The second kappa shape index (κ2) is 3.30. The maximum absolute atomic E-state index is 7.58. The molecule has 0 atom stereocenters. The highest BCUT2D eigenvalue weighted by molar-refractivity contribution is 5.93. The molecule has 0 saturated carbocycles. The van der Waals surface area contributed by atoms with Crippen LogP contribution in [0.5, 0.6) is 0 Å². The van der Waals surface area contributed by atoms with E-state index in [1.807, 2.05) is 21.0 Å². The van der Waals surface area contributed by atoms with Crippen molar-refractivity contribution in [2.24, 2.45) is 0 Å². The number of nitrogens with one attached hydrogen (secondary N) is 1. The van der Waals surface area contributed by atoms with Crippen LogP contribution >= 0.6 is 0 Å². The third-order valence-electron chi connectivity index (χ3n) is 1.47. The molecule has 64 valence electrons. The standard InChI is InChI=1S/C8H12N4/c1-6-4-11-7(5-10-6)8(9)12(2)3/h4-5,9H,1-3H3. The van der Waals surface area contributed by atoms with E-state index in [0.29, 0.717) is 11.5 Å². The maximum Gasteiger partial charge on any atom is 0.148 e. The molecule has 1 N–H and O–H groups in total. The largest absolute Gasteiger partial charge is 0.361 e. The molecule has 0 aliphatic rings. The molecule has 0 fully saturated rings. The van der Waals surface area contributed by atoms with Crippen LogP contribution in [0.2, 0.25) is 0 Å². The van der Waals surface area contributed by atoms with Gasteiger partial charge in [-0.25, -0.2) is 4.98 Å². The van der Waals surface area contributed by atoms with E-state index in [4.69, 9.17) is 5.41 Å². The number of hydrogen-bond acceptors (Lipinski definition) is 3. The quantitative estimate of drug-likeness (QED) is 0.490. The van der Waals surface area contributed by atoms with Crippen LogP contribution in [0.1, 0.15) is 11.4 Å². The van der Waals surface area contributed by atoms with Gasteiger partial charge in [0.15, 0.2) is 0 Å². The lowest BCUT2D eigenvalue weighted by Crippen LogP contribution is -2.22.